The second kappa shape index (κ2) is 4.81. The molecule has 0 aliphatic heterocycles. The van der Waals surface area contributed by atoms with Crippen molar-refractivity contribution in [2.75, 3.05) is 6.54 Å². The van der Waals surface area contributed by atoms with Crippen molar-refractivity contribution in [3.05, 3.63) is 12.2 Å². The van der Waals surface area contributed by atoms with E-state index in [1.165, 1.54) is 0 Å². The molecule has 0 saturated heterocycles. The lowest BCUT2D eigenvalue weighted by atomic mass is 10.2. The third-order valence-corrected chi connectivity index (χ3v) is 0.730. The molecule has 2 N–H and O–H groups in total. The highest BCUT2D eigenvalue weighted by atomic mass is 16.5. The lowest BCUT2D eigenvalue weighted by Crippen LogP contribution is -2.05. The summed E-state index contributed by atoms with van der Waals surface area (Å²) in [5.74, 6) is 0.573. The number of nitrogens with one attached hydrogen (secondary N) is 1. The first-order valence-electron chi connectivity index (χ1n) is 2.81. The monoisotopic (exact) mass is 115 g/mol. The van der Waals surface area contributed by atoms with Gasteiger partial charge in [0.05, 0.1) is 0 Å². The van der Waals surface area contributed by atoms with E-state index in [1.54, 1.807) is 0 Å². The quantitative estimate of drug-likeness (QED) is 0.427. The number of hydrogen-bond donors (Lipinski definition) is 2. The first kappa shape index (κ1) is 7.66. The van der Waals surface area contributed by atoms with Crippen LogP contribution in [0.15, 0.2) is 12.2 Å². The van der Waals surface area contributed by atoms with Gasteiger partial charge in [0.2, 0.25) is 0 Å². The maximum Gasteiger partial charge on any atom is 0.0388 e. The van der Waals surface area contributed by atoms with Crippen LogP contribution in [0, 0.1) is 5.92 Å². The Morgan fingerprint density at radius 3 is 2.62 bits per heavy atom. The molecule has 0 aromatic rings. The molecule has 0 aromatic carbocycles. The highest BCUT2D eigenvalue weighted by Gasteiger charge is 1.80. The van der Waals surface area contributed by atoms with E-state index >= 15 is 0 Å². The van der Waals surface area contributed by atoms with E-state index in [0.717, 1.165) is 0 Å². The van der Waals surface area contributed by atoms with Crippen LogP contribution in [0.2, 0.25) is 0 Å². The molecule has 0 saturated carbocycles. The van der Waals surface area contributed by atoms with Crippen LogP contribution in [0.3, 0.4) is 0 Å². The fraction of sp³-hybridized carbons (Fsp3) is 0.667. The second-order valence-electron chi connectivity index (χ2n) is 2.03. The van der Waals surface area contributed by atoms with Crippen molar-refractivity contribution < 1.29 is 5.21 Å². The first-order valence-corrected chi connectivity index (χ1v) is 2.81. The van der Waals surface area contributed by atoms with Crippen LogP contribution in [-0.4, -0.2) is 11.8 Å². The molecule has 0 fully saturated rings. The summed E-state index contributed by atoms with van der Waals surface area (Å²) in [7, 11) is 0. The van der Waals surface area contributed by atoms with E-state index in [1.807, 2.05) is 17.6 Å². The third kappa shape index (κ3) is 5.66. The molecule has 48 valence electrons. The molecule has 0 amide bonds. The largest absolute Gasteiger partial charge is 0.317 e. The Balaban J connectivity index is 3.07. The highest BCUT2D eigenvalue weighted by molar-refractivity contribution is 4.84. The average molecular weight is 115 g/mol. The fourth-order valence-electron chi connectivity index (χ4n) is 0.393. The van der Waals surface area contributed by atoms with Gasteiger partial charge in [0.25, 0.3) is 0 Å². The molecule has 0 bridgehead atoms. The Kier molecular flexibility index (Phi) is 4.61. The molecular weight excluding hydrogens is 102 g/mol. The summed E-state index contributed by atoms with van der Waals surface area (Å²) in [6, 6.07) is 0. The first-order chi connectivity index (χ1) is 3.77. The maximum absolute atomic E-state index is 8.08. The summed E-state index contributed by atoms with van der Waals surface area (Å²) in [5, 5.41) is 8.08. The molecule has 0 atom stereocenters. The minimum Gasteiger partial charge on any atom is -0.317 e. The van der Waals surface area contributed by atoms with Gasteiger partial charge >= 0.3 is 0 Å². The van der Waals surface area contributed by atoms with Gasteiger partial charge in [-0.1, -0.05) is 26.0 Å². The fourth-order valence-corrected chi connectivity index (χ4v) is 0.393. The van der Waals surface area contributed by atoms with Crippen LogP contribution in [0.4, 0.5) is 0 Å². The predicted octanol–water partition coefficient (Wildman–Crippen LogP) is 1.18. The zero-order chi connectivity index (χ0) is 6.41. The van der Waals surface area contributed by atoms with Gasteiger partial charge in [0.15, 0.2) is 0 Å². The minimum absolute atomic E-state index is 0.540. The Hall–Kier alpha value is -0.340. The molecule has 0 aliphatic rings. The molecule has 0 aromatic heterocycles. The Bertz CT molecular complexity index is 68.9. The molecular formula is C6H13NO. The smallest absolute Gasteiger partial charge is 0.0388 e. The van der Waals surface area contributed by atoms with E-state index < -0.39 is 0 Å². The van der Waals surface area contributed by atoms with Crippen LogP contribution < -0.4 is 5.48 Å². The number of hydroxylamine groups is 1. The average Bonchev–Trinajstić information content (AvgIpc) is 1.66. The van der Waals surface area contributed by atoms with Gasteiger partial charge in [0, 0.05) is 6.54 Å². The van der Waals surface area contributed by atoms with Gasteiger partial charge in [-0.25, -0.2) is 5.48 Å². The van der Waals surface area contributed by atoms with E-state index in [4.69, 9.17) is 5.21 Å². The normalized spacial score (nSPS) is 11.5. The van der Waals surface area contributed by atoms with Gasteiger partial charge < -0.3 is 5.21 Å². The van der Waals surface area contributed by atoms with Crippen molar-refractivity contribution in [1.29, 1.82) is 0 Å². The van der Waals surface area contributed by atoms with Crippen LogP contribution in [0.5, 0.6) is 0 Å². The summed E-state index contributed by atoms with van der Waals surface area (Å²) in [4.78, 5) is 0. The van der Waals surface area contributed by atoms with E-state index in [-0.39, 0.29) is 0 Å². The van der Waals surface area contributed by atoms with Crippen molar-refractivity contribution in [1.82, 2.24) is 5.48 Å². The Labute approximate surface area is 50.2 Å². The van der Waals surface area contributed by atoms with Gasteiger partial charge in [-0.3, -0.25) is 0 Å². The zero-order valence-corrected chi connectivity index (χ0v) is 5.39. The third-order valence-electron chi connectivity index (χ3n) is 0.730. The predicted molar refractivity (Wildman–Crippen MR) is 33.8 cm³/mol. The van der Waals surface area contributed by atoms with Crippen LogP contribution in [0.25, 0.3) is 0 Å². The standard InChI is InChI=1S/C6H13NO/c1-6(2)4-3-5-7-8/h3-4,6-8H,5H2,1-2H3/b4-3+. The molecule has 0 radical (unpaired) electrons. The molecule has 0 spiro atoms. The molecule has 0 heterocycles. The SMILES string of the molecule is CC(C)/C=C/CNO. The van der Waals surface area contributed by atoms with Crippen molar-refractivity contribution in [3.8, 4) is 0 Å². The molecule has 0 rings (SSSR count). The lowest BCUT2D eigenvalue weighted by molar-refractivity contribution is 0.179. The van der Waals surface area contributed by atoms with Crippen LogP contribution in [0.1, 0.15) is 13.8 Å². The van der Waals surface area contributed by atoms with Crippen molar-refractivity contribution >= 4 is 0 Å². The van der Waals surface area contributed by atoms with Crippen molar-refractivity contribution in [2.45, 2.75) is 13.8 Å². The van der Waals surface area contributed by atoms with Gasteiger partial charge in [-0.05, 0) is 5.92 Å². The summed E-state index contributed by atoms with van der Waals surface area (Å²) in [6.07, 6.45) is 3.92. The number of rotatable bonds is 3. The Morgan fingerprint density at radius 1 is 1.62 bits per heavy atom. The lowest BCUT2D eigenvalue weighted by Gasteiger charge is -1.91. The topological polar surface area (TPSA) is 32.3 Å². The van der Waals surface area contributed by atoms with Crippen LogP contribution in [-0.2, 0) is 0 Å². The zero-order valence-electron chi connectivity index (χ0n) is 5.39. The highest BCUT2D eigenvalue weighted by Crippen LogP contribution is 1.91. The van der Waals surface area contributed by atoms with Gasteiger partial charge in [-0.15, -0.1) is 0 Å². The summed E-state index contributed by atoms with van der Waals surface area (Å²) in [6.45, 7) is 4.72. The van der Waals surface area contributed by atoms with Gasteiger partial charge in [-0.2, -0.15) is 0 Å². The second-order valence-corrected chi connectivity index (χ2v) is 2.03. The maximum atomic E-state index is 8.08. The minimum atomic E-state index is 0.540. The summed E-state index contributed by atoms with van der Waals surface area (Å²) >= 11 is 0. The molecule has 2 heteroatoms. The summed E-state index contributed by atoms with van der Waals surface area (Å²) < 4.78 is 0. The molecule has 8 heavy (non-hydrogen) atoms. The number of hydrogen-bond acceptors (Lipinski definition) is 2. The van der Waals surface area contributed by atoms with Crippen molar-refractivity contribution in [2.24, 2.45) is 5.92 Å². The van der Waals surface area contributed by atoms with E-state index in [2.05, 4.69) is 13.8 Å². The molecule has 2 nitrogen and oxygen atoms in total. The van der Waals surface area contributed by atoms with E-state index in [9.17, 15) is 0 Å². The molecule has 0 aliphatic carbocycles. The summed E-state index contributed by atoms with van der Waals surface area (Å²) in [5.41, 5.74) is 2.04. The van der Waals surface area contributed by atoms with Gasteiger partial charge in [0.1, 0.15) is 0 Å². The van der Waals surface area contributed by atoms with Crippen LogP contribution >= 0.6 is 0 Å². The molecule has 0 unspecified atom stereocenters. The Morgan fingerprint density at radius 2 is 2.25 bits per heavy atom. The number of allylic oxidation sites excluding steroid dienone is 1. The van der Waals surface area contributed by atoms with Crippen molar-refractivity contribution in [3.63, 3.8) is 0 Å². The van der Waals surface area contributed by atoms with E-state index in [0.29, 0.717) is 12.5 Å².